The summed E-state index contributed by atoms with van der Waals surface area (Å²) in [6.45, 7) is 0. The van der Waals surface area contributed by atoms with Crippen molar-refractivity contribution in [2.24, 2.45) is 5.73 Å². The lowest BCUT2D eigenvalue weighted by atomic mass is 10.2. The standard InChI is InChI=1S/C11H13BrN2O6S/c1-20-9-3-2-6(4-7(9)12)21(18,19)14-8(11(16)17)5-10(13)15/h2-4,8,14H,5H2,1H3,(H2,13,15)(H,16,17)/t8-/m1/s1. The lowest BCUT2D eigenvalue weighted by Crippen LogP contribution is -2.43. The van der Waals surface area contributed by atoms with E-state index < -0.39 is 34.4 Å². The van der Waals surface area contributed by atoms with Gasteiger partial charge in [-0.3, -0.25) is 9.59 Å². The maximum absolute atomic E-state index is 12.1. The van der Waals surface area contributed by atoms with Gasteiger partial charge in [0.1, 0.15) is 11.8 Å². The lowest BCUT2D eigenvalue weighted by molar-refractivity contribution is -0.140. The first-order valence-electron chi connectivity index (χ1n) is 5.54. The molecule has 0 heterocycles. The number of hydrogen-bond donors (Lipinski definition) is 3. The number of primary amides is 1. The maximum atomic E-state index is 12.1. The molecule has 10 heteroatoms. The van der Waals surface area contributed by atoms with Crippen LogP contribution in [0.2, 0.25) is 0 Å². The first kappa shape index (κ1) is 17.4. The van der Waals surface area contributed by atoms with Crippen molar-refractivity contribution in [3.8, 4) is 5.75 Å². The van der Waals surface area contributed by atoms with Crippen LogP contribution in [0.25, 0.3) is 0 Å². The molecule has 8 nitrogen and oxygen atoms in total. The average molecular weight is 381 g/mol. The number of aliphatic carboxylic acids is 1. The zero-order chi connectivity index (χ0) is 16.2. The molecule has 116 valence electrons. The molecule has 0 aliphatic carbocycles. The summed E-state index contributed by atoms with van der Waals surface area (Å²) in [5, 5.41) is 8.91. The highest BCUT2D eigenvalue weighted by Crippen LogP contribution is 2.27. The van der Waals surface area contributed by atoms with Crippen molar-refractivity contribution in [3.05, 3.63) is 22.7 Å². The van der Waals surface area contributed by atoms with Crippen LogP contribution in [0.1, 0.15) is 6.42 Å². The van der Waals surface area contributed by atoms with Gasteiger partial charge < -0.3 is 15.6 Å². The fourth-order valence-corrected chi connectivity index (χ4v) is 3.36. The molecular formula is C11H13BrN2O6S. The number of benzene rings is 1. The molecular weight excluding hydrogens is 368 g/mol. The Morgan fingerprint density at radius 3 is 2.52 bits per heavy atom. The summed E-state index contributed by atoms with van der Waals surface area (Å²) in [5.41, 5.74) is 4.89. The summed E-state index contributed by atoms with van der Waals surface area (Å²) in [7, 11) is -2.71. The Morgan fingerprint density at radius 1 is 1.48 bits per heavy atom. The van der Waals surface area contributed by atoms with Crippen molar-refractivity contribution in [2.75, 3.05) is 7.11 Å². The fraction of sp³-hybridized carbons (Fsp3) is 0.273. The van der Waals surface area contributed by atoms with Gasteiger partial charge in [-0.25, -0.2) is 8.42 Å². The van der Waals surface area contributed by atoms with Gasteiger partial charge in [0.2, 0.25) is 15.9 Å². The SMILES string of the molecule is COc1ccc(S(=O)(=O)N[C@H](CC(N)=O)C(=O)O)cc1Br. The van der Waals surface area contributed by atoms with Crippen molar-refractivity contribution in [1.82, 2.24) is 4.72 Å². The number of ether oxygens (including phenoxy) is 1. The molecule has 0 fully saturated rings. The van der Waals surface area contributed by atoms with E-state index in [4.69, 9.17) is 15.6 Å². The largest absolute Gasteiger partial charge is 0.496 e. The van der Waals surface area contributed by atoms with Gasteiger partial charge >= 0.3 is 5.97 Å². The van der Waals surface area contributed by atoms with Crippen LogP contribution in [0.15, 0.2) is 27.6 Å². The number of carboxylic acid groups (broad SMARTS) is 1. The van der Waals surface area contributed by atoms with E-state index in [0.717, 1.165) is 0 Å². The molecule has 0 aromatic heterocycles. The van der Waals surface area contributed by atoms with E-state index in [1.54, 1.807) is 0 Å². The van der Waals surface area contributed by atoms with Gasteiger partial charge in [-0.05, 0) is 34.1 Å². The molecule has 0 aliphatic heterocycles. The minimum Gasteiger partial charge on any atom is -0.496 e. The second kappa shape index (κ2) is 6.87. The van der Waals surface area contributed by atoms with E-state index in [-0.39, 0.29) is 4.90 Å². The summed E-state index contributed by atoms with van der Waals surface area (Å²) >= 11 is 3.13. The number of sulfonamides is 1. The Bertz CT molecular complexity index is 661. The first-order chi connectivity index (χ1) is 9.67. The van der Waals surface area contributed by atoms with Crippen molar-refractivity contribution in [3.63, 3.8) is 0 Å². The summed E-state index contributed by atoms with van der Waals surface area (Å²) in [4.78, 5) is 21.5. The second-order valence-electron chi connectivity index (χ2n) is 3.98. The molecule has 1 rings (SSSR count). The molecule has 1 atom stereocenters. The highest BCUT2D eigenvalue weighted by atomic mass is 79.9. The van der Waals surface area contributed by atoms with Gasteiger partial charge in [0.05, 0.1) is 22.9 Å². The van der Waals surface area contributed by atoms with Crippen LogP contribution in [0, 0.1) is 0 Å². The van der Waals surface area contributed by atoms with E-state index in [0.29, 0.717) is 10.2 Å². The van der Waals surface area contributed by atoms with Crippen molar-refractivity contribution < 1.29 is 27.9 Å². The summed E-state index contributed by atoms with van der Waals surface area (Å²) in [6, 6.07) is 2.27. The predicted octanol–water partition coefficient (Wildman–Crippen LogP) is 0.0646. The smallest absolute Gasteiger partial charge is 0.322 e. The number of rotatable bonds is 7. The fourth-order valence-electron chi connectivity index (χ4n) is 1.45. The normalized spacial score (nSPS) is 12.7. The van der Waals surface area contributed by atoms with E-state index >= 15 is 0 Å². The highest BCUT2D eigenvalue weighted by Gasteiger charge is 2.27. The van der Waals surface area contributed by atoms with E-state index in [9.17, 15) is 18.0 Å². The van der Waals surface area contributed by atoms with Crippen LogP contribution in [0.3, 0.4) is 0 Å². The van der Waals surface area contributed by atoms with Crippen LogP contribution in [-0.4, -0.2) is 38.6 Å². The average Bonchev–Trinajstić information content (AvgIpc) is 2.36. The number of methoxy groups -OCH3 is 1. The predicted molar refractivity (Wildman–Crippen MR) is 76.3 cm³/mol. The van der Waals surface area contributed by atoms with Gasteiger partial charge in [0, 0.05) is 0 Å². The summed E-state index contributed by atoms with van der Waals surface area (Å²) < 4.78 is 31.5. The Kier molecular flexibility index (Phi) is 5.70. The van der Waals surface area contributed by atoms with Crippen LogP contribution in [0.4, 0.5) is 0 Å². The summed E-state index contributed by atoms with van der Waals surface area (Å²) in [6.07, 6.45) is -0.647. The third kappa shape index (κ3) is 4.69. The molecule has 21 heavy (non-hydrogen) atoms. The monoisotopic (exact) mass is 380 g/mol. The van der Waals surface area contributed by atoms with Crippen LogP contribution < -0.4 is 15.2 Å². The topological polar surface area (TPSA) is 136 Å². The molecule has 1 aromatic carbocycles. The highest BCUT2D eigenvalue weighted by molar-refractivity contribution is 9.10. The lowest BCUT2D eigenvalue weighted by Gasteiger charge is -2.14. The van der Waals surface area contributed by atoms with E-state index in [1.165, 1.54) is 25.3 Å². The number of carbonyl (C=O) groups excluding carboxylic acids is 1. The van der Waals surface area contributed by atoms with Gasteiger partial charge in [-0.1, -0.05) is 0 Å². The van der Waals surface area contributed by atoms with Crippen LogP contribution in [0.5, 0.6) is 5.75 Å². The molecule has 0 aliphatic rings. The molecule has 0 saturated heterocycles. The van der Waals surface area contributed by atoms with Crippen molar-refractivity contribution in [2.45, 2.75) is 17.4 Å². The molecule has 0 bridgehead atoms. The quantitative estimate of drug-likeness (QED) is 0.611. The number of carbonyl (C=O) groups is 2. The molecule has 1 aromatic rings. The third-order valence-electron chi connectivity index (χ3n) is 2.43. The number of nitrogens with two attached hydrogens (primary N) is 1. The van der Waals surface area contributed by atoms with Gasteiger partial charge in [0.15, 0.2) is 0 Å². The summed E-state index contributed by atoms with van der Waals surface area (Å²) in [5.74, 6) is -2.01. The molecule has 0 radical (unpaired) electrons. The first-order valence-corrected chi connectivity index (χ1v) is 7.82. The minimum atomic E-state index is -4.12. The van der Waals surface area contributed by atoms with Crippen LogP contribution in [-0.2, 0) is 19.6 Å². The maximum Gasteiger partial charge on any atom is 0.322 e. The Balaban J connectivity index is 3.07. The minimum absolute atomic E-state index is 0.175. The van der Waals surface area contributed by atoms with Crippen molar-refractivity contribution in [1.29, 1.82) is 0 Å². The second-order valence-corrected chi connectivity index (χ2v) is 6.55. The molecule has 0 unspecified atom stereocenters. The Hall–Kier alpha value is -1.65. The third-order valence-corrected chi connectivity index (χ3v) is 4.52. The molecule has 0 spiro atoms. The van der Waals surface area contributed by atoms with Gasteiger partial charge in [-0.15, -0.1) is 0 Å². The Morgan fingerprint density at radius 2 is 2.10 bits per heavy atom. The van der Waals surface area contributed by atoms with Crippen LogP contribution >= 0.6 is 15.9 Å². The number of halogens is 1. The zero-order valence-electron chi connectivity index (χ0n) is 10.9. The van der Waals surface area contributed by atoms with E-state index in [2.05, 4.69) is 15.9 Å². The number of nitrogens with one attached hydrogen (secondary N) is 1. The van der Waals surface area contributed by atoms with Gasteiger partial charge in [-0.2, -0.15) is 4.72 Å². The number of amides is 1. The van der Waals surface area contributed by atoms with Crippen molar-refractivity contribution >= 4 is 37.8 Å². The Labute approximate surface area is 129 Å². The molecule has 0 saturated carbocycles. The number of carboxylic acids is 1. The molecule has 4 N–H and O–H groups in total. The van der Waals surface area contributed by atoms with Gasteiger partial charge in [0.25, 0.3) is 0 Å². The zero-order valence-corrected chi connectivity index (χ0v) is 13.3. The van der Waals surface area contributed by atoms with E-state index in [1.807, 2.05) is 4.72 Å². The molecule has 1 amide bonds. The number of hydrogen-bond acceptors (Lipinski definition) is 5.